The lowest BCUT2D eigenvalue weighted by Gasteiger charge is -2.29. The van der Waals surface area contributed by atoms with Crippen LogP contribution in [0.3, 0.4) is 0 Å². The number of phosphoric acid groups is 1. The second kappa shape index (κ2) is 4.56. The highest BCUT2D eigenvalue weighted by molar-refractivity contribution is 7.43. The van der Waals surface area contributed by atoms with E-state index in [0.717, 1.165) is 27.4 Å². The molecule has 6 heteroatoms. The molecule has 0 amide bonds. The normalized spacial score (nSPS) is 11.9. The Hall–Kier alpha value is -1.94. The molecule has 0 fully saturated rings. The summed E-state index contributed by atoms with van der Waals surface area (Å²) < 4.78 is 15.1. The van der Waals surface area contributed by atoms with Gasteiger partial charge in [0.25, 0.3) is 0 Å². The van der Waals surface area contributed by atoms with Crippen molar-refractivity contribution in [2.45, 2.75) is 6.92 Å². The van der Waals surface area contributed by atoms with E-state index in [4.69, 9.17) is 0 Å². The SMILES string of the molecule is Cc1cc(OP(=O)([O-])[O-])cc2cc3ccccc3nc12. The van der Waals surface area contributed by atoms with Gasteiger partial charge < -0.3 is 18.9 Å². The van der Waals surface area contributed by atoms with Crippen LogP contribution in [-0.4, -0.2) is 4.98 Å². The van der Waals surface area contributed by atoms with Crippen LogP contribution in [0.4, 0.5) is 0 Å². The topological polar surface area (TPSA) is 85.3 Å². The molecular weight excluding hydrogens is 277 g/mol. The van der Waals surface area contributed by atoms with Crippen LogP contribution in [0, 0.1) is 6.92 Å². The Kier molecular flexibility index (Phi) is 2.98. The molecule has 1 aromatic heterocycles. The van der Waals surface area contributed by atoms with Crippen LogP contribution in [0.25, 0.3) is 21.8 Å². The fraction of sp³-hybridized carbons (Fsp3) is 0.0714. The Morgan fingerprint density at radius 1 is 1.10 bits per heavy atom. The van der Waals surface area contributed by atoms with Gasteiger partial charge in [-0.15, -0.1) is 0 Å². The van der Waals surface area contributed by atoms with Crippen molar-refractivity contribution in [1.82, 2.24) is 4.98 Å². The van der Waals surface area contributed by atoms with Crippen molar-refractivity contribution in [2.24, 2.45) is 0 Å². The van der Waals surface area contributed by atoms with Gasteiger partial charge in [0.05, 0.1) is 11.0 Å². The first-order valence-corrected chi connectivity index (χ1v) is 7.40. The van der Waals surface area contributed by atoms with E-state index in [1.165, 1.54) is 12.1 Å². The van der Waals surface area contributed by atoms with E-state index in [1.807, 2.05) is 30.3 Å². The van der Waals surface area contributed by atoms with Gasteiger partial charge in [0.1, 0.15) is 13.6 Å². The van der Waals surface area contributed by atoms with Gasteiger partial charge in [-0.2, -0.15) is 0 Å². The Balaban J connectivity index is 2.24. The van der Waals surface area contributed by atoms with Gasteiger partial charge >= 0.3 is 0 Å². The minimum atomic E-state index is -5.05. The van der Waals surface area contributed by atoms with Crippen molar-refractivity contribution in [3.05, 3.63) is 48.0 Å². The Morgan fingerprint density at radius 3 is 2.60 bits per heavy atom. The van der Waals surface area contributed by atoms with Gasteiger partial charge in [-0.3, -0.25) is 0 Å². The van der Waals surface area contributed by atoms with Gasteiger partial charge in [0, 0.05) is 10.8 Å². The molecule has 0 atom stereocenters. The van der Waals surface area contributed by atoms with Crippen LogP contribution < -0.4 is 14.3 Å². The monoisotopic (exact) mass is 287 g/mol. The maximum atomic E-state index is 10.7. The third-order valence-electron chi connectivity index (χ3n) is 3.00. The van der Waals surface area contributed by atoms with Crippen LogP contribution in [0.5, 0.6) is 5.75 Å². The average Bonchev–Trinajstić information content (AvgIpc) is 2.35. The Morgan fingerprint density at radius 2 is 1.85 bits per heavy atom. The number of nitrogens with zero attached hydrogens (tertiary/aromatic N) is 1. The zero-order valence-electron chi connectivity index (χ0n) is 10.6. The lowest BCUT2D eigenvalue weighted by molar-refractivity contribution is -0.333. The predicted octanol–water partition coefficient (Wildman–Crippen LogP) is 1.90. The van der Waals surface area contributed by atoms with E-state index in [2.05, 4.69) is 9.51 Å². The molecule has 0 aliphatic carbocycles. The maximum Gasteiger partial charge on any atom is 0.125 e. The number of hydrogen-bond donors (Lipinski definition) is 0. The van der Waals surface area contributed by atoms with Gasteiger partial charge in [-0.25, -0.2) is 4.98 Å². The van der Waals surface area contributed by atoms with Gasteiger partial charge in [-0.1, -0.05) is 18.2 Å². The number of benzene rings is 2. The van der Waals surface area contributed by atoms with Gasteiger partial charge in [-0.05, 0) is 36.8 Å². The van der Waals surface area contributed by atoms with Crippen molar-refractivity contribution in [3.8, 4) is 5.75 Å². The van der Waals surface area contributed by atoms with Crippen LogP contribution >= 0.6 is 7.82 Å². The molecule has 102 valence electrons. The van der Waals surface area contributed by atoms with Crippen molar-refractivity contribution >= 4 is 29.6 Å². The zero-order chi connectivity index (χ0) is 14.3. The number of pyridine rings is 1. The molecule has 0 unspecified atom stereocenters. The van der Waals surface area contributed by atoms with E-state index in [9.17, 15) is 14.4 Å². The molecule has 5 nitrogen and oxygen atoms in total. The zero-order valence-corrected chi connectivity index (χ0v) is 11.5. The quantitative estimate of drug-likeness (QED) is 0.531. The molecule has 0 N–H and O–H groups in total. The summed E-state index contributed by atoms with van der Waals surface area (Å²) in [6, 6.07) is 12.5. The predicted molar refractivity (Wildman–Crippen MR) is 72.2 cm³/mol. The van der Waals surface area contributed by atoms with E-state index >= 15 is 0 Å². The minimum absolute atomic E-state index is 0.0143. The summed E-state index contributed by atoms with van der Waals surface area (Å²) in [6.45, 7) is 1.79. The first-order valence-electron chi connectivity index (χ1n) is 5.94. The standard InChI is InChI=1S/C14H12NO4P/c1-9-6-12(19-20(16,17)18)8-11-7-10-4-2-3-5-13(10)15-14(9)11/h2-8H,1H3,(H2,16,17,18)/p-2. The summed E-state index contributed by atoms with van der Waals surface area (Å²) in [5, 5.41) is 1.66. The molecule has 0 saturated carbocycles. The smallest absolute Gasteiger partial charge is 0.125 e. The molecule has 0 bridgehead atoms. The van der Waals surface area contributed by atoms with E-state index in [0.29, 0.717) is 0 Å². The molecule has 0 radical (unpaired) electrons. The fourth-order valence-corrected chi connectivity index (χ4v) is 2.58. The van der Waals surface area contributed by atoms with Gasteiger partial charge in [0.2, 0.25) is 0 Å². The molecule has 20 heavy (non-hydrogen) atoms. The third-order valence-corrected chi connectivity index (χ3v) is 3.44. The van der Waals surface area contributed by atoms with Crippen molar-refractivity contribution < 1.29 is 18.9 Å². The largest absolute Gasteiger partial charge is 0.780 e. The van der Waals surface area contributed by atoms with Crippen LogP contribution in [0.1, 0.15) is 5.56 Å². The number of rotatable bonds is 2. The summed E-state index contributed by atoms with van der Waals surface area (Å²) in [4.78, 5) is 25.9. The maximum absolute atomic E-state index is 10.7. The summed E-state index contributed by atoms with van der Waals surface area (Å²) in [5.41, 5.74) is 2.36. The number of aryl methyl sites for hydroxylation is 1. The lowest BCUT2D eigenvalue weighted by Crippen LogP contribution is -2.18. The summed E-state index contributed by atoms with van der Waals surface area (Å²) >= 11 is 0. The molecule has 1 heterocycles. The molecule has 0 spiro atoms. The first kappa shape index (κ1) is 13.1. The molecular formula is C14H10NO4P-2. The molecule has 0 aliphatic heterocycles. The Labute approximate surface area is 115 Å². The summed E-state index contributed by atoms with van der Waals surface area (Å²) in [6.07, 6.45) is 0. The number of fused-ring (bicyclic) bond motifs is 2. The van der Waals surface area contributed by atoms with E-state index in [-0.39, 0.29) is 5.75 Å². The van der Waals surface area contributed by atoms with E-state index < -0.39 is 7.82 Å². The molecule has 0 saturated heterocycles. The minimum Gasteiger partial charge on any atom is -0.780 e. The number of aromatic nitrogens is 1. The fourth-order valence-electron chi connectivity index (χ4n) is 2.22. The second-order valence-electron chi connectivity index (χ2n) is 4.53. The van der Waals surface area contributed by atoms with Crippen LogP contribution in [-0.2, 0) is 4.57 Å². The highest BCUT2D eigenvalue weighted by Crippen LogP contribution is 2.33. The van der Waals surface area contributed by atoms with Crippen molar-refractivity contribution in [2.75, 3.05) is 0 Å². The van der Waals surface area contributed by atoms with Gasteiger partial charge in [0.15, 0.2) is 0 Å². The second-order valence-corrected chi connectivity index (χ2v) is 5.61. The summed E-state index contributed by atoms with van der Waals surface area (Å²) in [5.74, 6) is 0.0143. The average molecular weight is 287 g/mol. The molecule has 3 rings (SSSR count). The highest BCUT2D eigenvalue weighted by atomic mass is 31.2. The van der Waals surface area contributed by atoms with Crippen molar-refractivity contribution in [3.63, 3.8) is 0 Å². The molecule has 0 aliphatic rings. The van der Waals surface area contributed by atoms with Crippen LogP contribution in [0.15, 0.2) is 42.5 Å². The summed E-state index contributed by atoms with van der Waals surface area (Å²) in [7, 11) is -5.05. The third kappa shape index (κ3) is 2.51. The number of hydrogen-bond acceptors (Lipinski definition) is 5. The van der Waals surface area contributed by atoms with Crippen LogP contribution in [0.2, 0.25) is 0 Å². The Bertz CT molecular complexity index is 856. The molecule has 3 aromatic rings. The number of phosphoric ester groups is 1. The van der Waals surface area contributed by atoms with E-state index in [1.54, 1.807) is 6.92 Å². The highest BCUT2D eigenvalue weighted by Gasteiger charge is 2.06. The van der Waals surface area contributed by atoms with Crippen molar-refractivity contribution in [1.29, 1.82) is 0 Å². The first-order chi connectivity index (χ1) is 9.42. The number of para-hydroxylation sites is 1. The molecule has 2 aromatic carbocycles. The lowest BCUT2D eigenvalue weighted by atomic mass is 10.1.